The first kappa shape index (κ1) is 20.9. The number of aromatic hydroxyl groups is 1. The molecule has 0 aliphatic carbocycles. The molecule has 6 heteroatoms. The maximum Gasteiger partial charge on any atom is 0.265 e. The van der Waals surface area contributed by atoms with Crippen molar-refractivity contribution >= 4 is 16.8 Å². The number of carbonyl (C=O) groups is 1. The van der Waals surface area contributed by atoms with Crippen molar-refractivity contribution in [3.8, 4) is 11.4 Å². The minimum absolute atomic E-state index is 0.00594. The van der Waals surface area contributed by atoms with Gasteiger partial charge in [-0.2, -0.15) is 0 Å². The number of piperidine rings is 1. The highest BCUT2D eigenvalue weighted by atomic mass is 16.3. The highest BCUT2D eigenvalue weighted by molar-refractivity contribution is 5.94. The number of likely N-dealkylation sites (tertiary alicyclic amines) is 1. The van der Waals surface area contributed by atoms with Crippen LogP contribution in [-0.2, 0) is 0 Å². The van der Waals surface area contributed by atoms with E-state index in [-0.39, 0.29) is 17.2 Å². The Kier molecular flexibility index (Phi) is 5.42. The minimum Gasteiger partial charge on any atom is -0.508 e. The SMILES string of the molecule is Cc1nc2ccccc2c(=O)n1-c1ccc(C(=O)N2CCC(c3ccc(O)cc3)CC2)cc1. The topological polar surface area (TPSA) is 75.4 Å². The van der Waals surface area contributed by atoms with Gasteiger partial charge in [-0.05, 0) is 79.8 Å². The third kappa shape index (κ3) is 4.00. The van der Waals surface area contributed by atoms with Gasteiger partial charge in [0.05, 0.1) is 16.6 Å². The van der Waals surface area contributed by atoms with Crippen molar-refractivity contribution < 1.29 is 9.90 Å². The second-order valence-electron chi connectivity index (χ2n) is 8.52. The second kappa shape index (κ2) is 8.54. The van der Waals surface area contributed by atoms with Crippen molar-refractivity contribution in [1.29, 1.82) is 0 Å². The van der Waals surface area contributed by atoms with Crippen LogP contribution in [0.1, 0.15) is 40.5 Å². The molecule has 3 aromatic carbocycles. The molecular formula is C27H25N3O3. The fourth-order valence-electron chi connectivity index (χ4n) is 4.65. The number of benzene rings is 3. The molecule has 0 radical (unpaired) electrons. The van der Waals surface area contributed by atoms with E-state index in [1.165, 1.54) is 5.56 Å². The van der Waals surface area contributed by atoms with Crippen molar-refractivity contribution in [3.05, 3.63) is 100 Å². The molecule has 1 saturated heterocycles. The average Bonchev–Trinajstić information content (AvgIpc) is 2.85. The number of aryl methyl sites for hydroxylation is 1. The minimum atomic E-state index is -0.117. The number of phenolic OH excluding ortho intramolecular Hbond substituents is 1. The number of hydrogen-bond donors (Lipinski definition) is 1. The van der Waals surface area contributed by atoms with E-state index in [4.69, 9.17) is 0 Å². The average molecular weight is 440 g/mol. The lowest BCUT2D eigenvalue weighted by Gasteiger charge is -2.32. The lowest BCUT2D eigenvalue weighted by atomic mass is 9.89. The summed E-state index contributed by atoms with van der Waals surface area (Å²) >= 11 is 0. The van der Waals surface area contributed by atoms with Crippen molar-refractivity contribution in [2.24, 2.45) is 0 Å². The zero-order valence-corrected chi connectivity index (χ0v) is 18.4. The quantitative estimate of drug-likeness (QED) is 0.513. The van der Waals surface area contributed by atoms with Crippen LogP contribution in [0.2, 0.25) is 0 Å². The van der Waals surface area contributed by atoms with Gasteiger partial charge in [0.2, 0.25) is 0 Å². The fraction of sp³-hybridized carbons (Fsp3) is 0.222. The van der Waals surface area contributed by atoms with E-state index in [2.05, 4.69) is 4.98 Å². The highest BCUT2D eigenvalue weighted by Gasteiger charge is 2.24. The molecule has 1 aliphatic rings. The van der Waals surface area contributed by atoms with Crippen molar-refractivity contribution in [2.45, 2.75) is 25.7 Å². The van der Waals surface area contributed by atoms with Crippen LogP contribution in [0.15, 0.2) is 77.6 Å². The normalized spacial score (nSPS) is 14.5. The molecule has 4 aromatic rings. The van der Waals surface area contributed by atoms with E-state index >= 15 is 0 Å². The van der Waals surface area contributed by atoms with Gasteiger partial charge in [0.15, 0.2) is 0 Å². The fourth-order valence-corrected chi connectivity index (χ4v) is 4.65. The number of rotatable bonds is 3. The van der Waals surface area contributed by atoms with Crippen LogP contribution in [-0.4, -0.2) is 38.6 Å². The van der Waals surface area contributed by atoms with Crippen LogP contribution in [0, 0.1) is 6.92 Å². The molecule has 1 aliphatic heterocycles. The Hall–Kier alpha value is -3.93. The molecule has 0 spiro atoms. The van der Waals surface area contributed by atoms with Gasteiger partial charge in [0, 0.05) is 18.7 Å². The molecule has 1 N–H and O–H groups in total. The third-order valence-electron chi connectivity index (χ3n) is 6.46. The van der Waals surface area contributed by atoms with Crippen molar-refractivity contribution in [2.75, 3.05) is 13.1 Å². The monoisotopic (exact) mass is 439 g/mol. The van der Waals surface area contributed by atoms with Crippen LogP contribution < -0.4 is 5.56 Å². The highest BCUT2D eigenvalue weighted by Crippen LogP contribution is 2.29. The third-order valence-corrected chi connectivity index (χ3v) is 6.46. The standard InChI is InChI=1S/C27H25N3O3/c1-18-28-25-5-3-2-4-24(25)27(33)30(18)22-10-6-21(7-11-22)26(32)29-16-14-20(15-17-29)19-8-12-23(31)13-9-19/h2-13,20,31H,14-17H2,1H3. The lowest BCUT2D eigenvalue weighted by molar-refractivity contribution is 0.0713. The zero-order valence-electron chi connectivity index (χ0n) is 18.4. The van der Waals surface area contributed by atoms with Gasteiger partial charge in [-0.25, -0.2) is 4.98 Å². The number of carbonyl (C=O) groups excluding carboxylic acids is 1. The predicted molar refractivity (Wildman–Crippen MR) is 128 cm³/mol. The van der Waals surface area contributed by atoms with Crippen molar-refractivity contribution in [1.82, 2.24) is 14.5 Å². The van der Waals surface area contributed by atoms with Crippen molar-refractivity contribution in [3.63, 3.8) is 0 Å². The molecule has 6 nitrogen and oxygen atoms in total. The van der Waals surface area contributed by atoms with Gasteiger partial charge in [-0.1, -0.05) is 24.3 Å². The molecule has 33 heavy (non-hydrogen) atoms. The summed E-state index contributed by atoms with van der Waals surface area (Å²) in [6, 6.07) is 21.8. The largest absolute Gasteiger partial charge is 0.508 e. The molecule has 0 saturated carbocycles. The molecule has 0 unspecified atom stereocenters. The zero-order chi connectivity index (χ0) is 22.9. The Morgan fingerprint density at radius 2 is 1.61 bits per heavy atom. The Labute approximate surface area is 191 Å². The summed E-state index contributed by atoms with van der Waals surface area (Å²) in [5.41, 5.74) is 3.07. The first-order chi connectivity index (χ1) is 16.0. The molecule has 0 bridgehead atoms. The summed E-state index contributed by atoms with van der Waals surface area (Å²) in [6.07, 6.45) is 1.79. The summed E-state index contributed by atoms with van der Waals surface area (Å²) in [5, 5.41) is 10.1. The summed E-state index contributed by atoms with van der Waals surface area (Å²) in [6.45, 7) is 3.20. The summed E-state index contributed by atoms with van der Waals surface area (Å²) < 4.78 is 1.58. The van der Waals surface area contributed by atoms with Gasteiger partial charge in [0.1, 0.15) is 11.6 Å². The Balaban J connectivity index is 1.32. The molecule has 1 aromatic heterocycles. The molecule has 1 fully saturated rings. The first-order valence-corrected chi connectivity index (χ1v) is 11.2. The molecular weight excluding hydrogens is 414 g/mol. The Bertz CT molecular complexity index is 1370. The van der Waals surface area contributed by atoms with E-state index < -0.39 is 0 Å². The summed E-state index contributed by atoms with van der Waals surface area (Å²) in [7, 11) is 0. The summed E-state index contributed by atoms with van der Waals surface area (Å²) in [4.78, 5) is 32.5. The number of fused-ring (bicyclic) bond motifs is 1. The Morgan fingerprint density at radius 1 is 0.939 bits per heavy atom. The molecule has 2 heterocycles. The van der Waals surface area contributed by atoms with E-state index in [1.54, 1.807) is 47.0 Å². The van der Waals surface area contributed by atoms with Crippen LogP contribution in [0.4, 0.5) is 0 Å². The van der Waals surface area contributed by atoms with Gasteiger partial charge in [0.25, 0.3) is 11.5 Å². The first-order valence-electron chi connectivity index (χ1n) is 11.2. The smallest absolute Gasteiger partial charge is 0.265 e. The molecule has 5 rings (SSSR count). The van der Waals surface area contributed by atoms with Crippen LogP contribution in [0.5, 0.6) is 5.75 Å². The van der Waals surface area contributed by atoms with Crippen LogP contribution >= 0.6 is 0 Å². The number of para-hydroxylation sites is 1. The number of aromatic nitrogens is 2. The number of nitrogens with zero attached hydrogens (tertiary/aromatic N) is 3. The number of amides is 1. The Morgan fingerprint density at radius 3 is 2.30 bits per heavy atom. The molecule has 166 valence electrons. The van der Waals surface area contributed by atoms with E-state index in [9.17, 15) is 14.7 Å². The van der Waals surface area contributed by atoms with Gasteiger partial charge in [-0.3, -0.25) is 14.2 Å². The van der Waals surface area contributed by atoms with Gasteiger partial charge >= 0.3 is 0 Å². The van der Waals surface area contributed by atoms with Crippen LogP contribution in [0.3, 0.4) is 0 Å². The van der Waals surface area contributed by atoms with E-state index in [1.807, 2.05) is 42.2 Å². The van der Waals surface area contributed by atoms with E-state index in [0.717, 1.165) is 12.8 Å². The maximum atomic E-state index is 13.1. The number of phenols is 1. The molecule has 0 atom stereocenters. The predicted octanol–water partition coefficient (Wildman–Crippen LogP) is 4.42. The second-order valence-corrected chi connectivity index (χ2v) is 8.52. The lowest BCUT2D eigenvalue weighted by Crippen LogP contribution is -2.37. The maximum absolute atomic E-state index is 13.1. The van der Waals surface area contributed by atoms with Gasteiger partial charge < -0.3 is 10.0 Å². The number of hydrogen-bond acceptors (Lipinski definition) is 4. The van der Waals surface area contributed by atoms with E-state index in [0.29, 0.717) is 47.0 Å². The molecule has 1 amide bonds. The summed E-state index contributed by atoms with van der Waals surface area (Å²) in [5.74, 6) is 1.28. The van der Waals surface area contributed by atoms with Gasteiger partial charge in [-0.15, -0.1) is 0 Å². The van der Waals surface area contributed by atoms with Crippen LogP contribution in [0.25, 0.3) is 16.6 Å².